The van der Waals surface area contributed by atoms with Gasteiger partial charge in [0.2, 0.25) is 0 Å². The van der Waals surface area contributed by atoms with Crippen LogP contribution in [-0.2, 0) is 30.9 Å². The quantitative estimate of drug-likeness (QED) is 0.219. The maximum absolute atomic E-state index is 12.7. The summed E-state index contributed by atoms with van der Waals surface area (Å²) in [4.78, 5) is 23.9. The molecule has 6 atom stereocenters. The van der Waals surface area contributed by atoms with Crippen LogP contribution in [0.25, 0.3) is 0 Å². The fraction of sp³-hybridized carbons (Fsp3) is 0.615. The number of ether oxygens (including phenoxy) is 4. The lowest BCUT2D eigenvalue weighted by molar-refractivity contribution is -0.189. The molecule has 1 unspecified atom stereocenters. The van der Waals surface area contributed by atoms with E-state index in [0.29, 0.717) is 30.1 Å². The first kappa shape index (κ1) is 25.9. The van der Waals surface area contributed by atoms with E-state index in [0.717, 1.165) is 30.4 Å². The maximum Gasteiger partial charge on any atom is 0.333 e. The van der Waals surface area contributed by atoms with Crippen LogP contribution in [0.15, 0.2) is 24.0 Å². The van der Waals surface area contributed by atoms with Crippen LogP contribution in [0.1, 0.15) is 56.1 Å². The van der Waals surface area contributed by atoms with E-state index in [4.69, 9.17) is 34.3 Å². The number of carbonyl (C=O) groups is 2. The molecule has 0 radical (unpaired) electrons. The van der Waals surface area contributed by atoms with Gasteiger partial charge in [-0.15, -0.1) is 0 Å². The fourth-order valence-electron chi connectivity index (χ4n) is 6.77. The SMILES string of the molecule is COc1ccc2c3c1O[C@H]1C(OC(=O)CCC(O)O[C@@H](CC(O)O)C(=O)O)=CC[C@@]4(O)[C@H](CCC[C@]314)C2. The topological polar surface area (TPSA) is 172 Å². The molecule has 1 aromatic rings. The van der Waals surface area contributed by atoms with Crippen molar-refractivity contribution >= 4 is 11.9 Å². The molecule has 5 rings (SSSR count). The van der Waals surface area contributed by atoms with E-state index in [-0.39, 0.29) is 18.8 Å². The lowest BCUT2D eigenvalue weighted by Gasteiger charge is -2.59. The number of aliphatic hydroxyl groups excluding tert-OH is 2. The molecule has 4 aliphatic rings. The molecule has 0 aromatic heterocycles. The molecule has 1 heterocycles. The minimum atomic E-state index is -1.93. The van der Waals surface area contributed by atoms with E-state index in [1.807, 2.05) is 12.1 Å². The second-order valence-corrected chi connectivity index (χ2v) is 10.3. The van der Waals surface area contributed by atoms with Gasteiger partial charge in [0, 0.05) is 18.4 Å². The number of rotatable bonds is 10. The number of hydrogen-bond acceptors (Lipinski definition) is 10. The Morgan fingerprint density at radius 2 is 2.03 bits per heavy atom. The molecule has 1 saturated carbocycles. The Kier molecular flexibility index (Phi) is 6.70. The highest BCUT2D eigenvalue weighted by Crippen LogP contribution is 2.67. The van der Waals surface area contributed by atoms with Gasteiger partial charge in [-0.2, -0.15) is 0 Å². The molecule has 11 nitrogen and oxygen atoms in total. The van der Waals surface area contributed by atoms with E-state index >= 15 is 0 Å². The molecule has 0 amide bonds. The van der Waals surface area contributed by atoms with Gasteiger partial charge in [0.25, 0.3) is 0 Å². The van der Waals surface area contributed by atoms with Gasteiger partial charge in [0.15, 0.2) is 36.3 Å². The number of carboxylic acid groups (broad SMARTS) is 1. The van der Waals surface area contributed by atoms with Crippen molar-refractivity contribution in [2.75, 3.05) is 7.11 Å². The maximum atomic E-state index is 12.7. The predicted octanol–water partition coefficient (Wildman–Crippen LogP) is 0.881. The molecular weight excluding hydrogens is 488 g/mol. The van der Waals surface area contributed by atoms with Crippen molar-refractivity contribution in [2.24, 2.45) is 5.92 Å². The van der Waals surface area contributed by atoms with Gasteiger partial charge in [-0.1, -0.05) is 12.5 Å². The zero-order chi connectivity index (χ0) is 26.5. The Morgan fingerprint density at radius 1 is 1.24 bits per heavy atom. The van der Waals surface area contributed by atoms with Crippen LogP contribution in [0, 0.1) is 5.92 Å². The number of hydrogen-bond donors (Lipinski definition) is 5. The summed E-state index contributed by atoms with van der Waals surface area (Å²) in [5.41, 5.74) is 0.247. The molecule has 11 heteroatoms. The Bertz CT molecular complexity index is 1110. The van der Waals surface area contributed by atoms with Crippen molar-refractivity contribution in [2.45, 2.75) is 87.2 Å². The van der Waals surface area contributed by atoms with Crippen molar-refractivity contribution in [1.82, 2.24) is 0 Å². The van der Waals surface area contributed by atoms with E-state index in [1.165, 1.54) is 0 Å². The summed E-state index contributed by atoms with van der Waals surface area (Å²) in [6, 6.07) is 3.88. The fourth-order valence-corrected chi connectivity index (χ4v) is 6.77. The molecule has 202 valence electrons. The average Bonchev–Trinajstić information content (AvgIpc) is 3.18. The van der Waals surface area contributed by atoms with Gasteiger partial charge >= 0.3 is 11.9 Å². The van der Waals surface area contributed by atoms with Crippen molar-refractivity contribution in [3.8, 4) is 11.5 Å². The number of methoxy groups -OCH3 is 1. The van der Waals surface area contributed by atoms with E-state index in [9.17, 15) is 19.8 Å². The second kappa shape index (κ2) is 9.55. The summed E-state index contributed by atoms with van der Waals surface area (Å²) in [7, 11) is 1.56. The largest absolute Gasteiger partial charge is 0.493 e. The third-order valence-electron chi connectivity index (χ3n) is 8.32. The Hall–Kier alpha value is -2.70. The van der Waals surface area contributed by atoms with Gasteiger partial charge in [0.05, 0.1) is 24.5 Å². The summed E-state index contributed by atoms with van der Waals surface area (Å²) < 4.78 is 22.6. The normalized spacial score (nSPS) is 30.6. The van der Waals surface area contributed by atoms with Crippen LogP contribution in [0.2, 0.25) is 0 Å². The number of benzene rings is 1. The number of aliphatic carboxylic acids is 1. The molecule has 5 N–H and O–H groups in total. The first-order valence-electron chi connectivity index (χ1n) is 12.5. The third kappa shape index (κ3) is 4.09. The highest BCUT2D eigenvalue weighted by molar-refractivity contribution is 5.73. The minimum absolute atomic E-state index is 0.0552. The van der Waals surface area contributed by atoms with E-state index in [2.05, 4.69) is 0 Å². The first-order chi connectivity index (χ1) is 17.6. The van der Waals surface area contributed by atoms with Crippen molar-refractivity contribution in [3.05, 3.63) is 35.1 Å². The van der Waals surface area contributed by atoms with Crippen LogP contribution in [0.4, 0.5) is 0 Å². The number of esters is 1. The highest BCUT2D eigenvalue weighted by Gasteiger charge is 2.70. The molecule has 0 saturated heterocycles. The average molecular weight is 521 g/mol. The lowest BCUT2D eigenvalue weighted by Crippen LogP contribution is -2.67. The number of carboxylic acids is 1. The smallest absolute Gasteiger partial charge is 0.333 e. The number of carbonyl (C=O) groups excluding carboxylic acids is 1. The van der Waals surface area contributed by atoms with E-state index < -0.39 is 54.2 Å². The van der Waals surface area contributed by atoms with Crippen molar-refractivity contribution < 1.29 is 54.1 Å². The van der Waals surface area contributed by atoms with Crippen LogP contribution >= 0.6 is 0 Å². The minimum Gasteiger partial charge on any atom is -0.493 e. The highest BCUT2D eigenvalue weighted by atomic mass is 16.6. The predicted molar refractivity (Wildman–Crippen MR) is 124 cm³/mol. The van der Waals surface area contributed by atoms with Crippen LogP contribution in [-0.4, -0.2) is 75.0 Å². The monoisotopic (exact) mass is 520 g/mol. The van der Waals surface area contributed by atoms with Crippen LogP contribution in [0.5, 0.6) is 11.5 Å². The van der Waals surface area contributed by atoms with Crippen LogP contribution in [0.3, 0.4) is 0 Å². The molecule has 3 aliphatic carbocycles. The Morgan fingerprint density at radius 3 is 2.73 bits per heavy atom. The van der Waals surface area contributed by atoms with Gasteiger partial charge in [0.1, 0.15) is 5.76 Å². The molecule has 37 heavy (non-hydrogen) atoms. The summed E-state index contributed by atoms with van der Waals surface area (Å²) in [5.74, 6) is -0.675. The molecule has 1 aromatic carbocycles. The molecule has 1 aliphatic heterocycles. The van der Waals surface area contributed by atoms with Gasteiger partial charge in [-0.3, -0.25) is 4.79 Å². The third-order valence-corrected chi connectivity index (χ3v) is 8.32. The molecule has 1 fully saturated rings. The van der Waals surface area contributed by atoms with Crippen molar-refractivity contribution in [1.29, 1.82) is 0 Å². The standard InChI is InChI=1S/C26H32O11/c1-34-15-5-4-13-11-14-3-2-9-25-21(13)22(15)37-23(25)16(8-10-26(14,25)33)35-19(29)6-7-20(30)36-17(24(31)32)12-18(27)28/h4-5,8,14,17-18,20,23,27-28,30,33H,2-3,6-7,9-12H2,1H3,(H,31,32)/t14-,17+,20?,23+,25+,26-/m1/s1. The van der Waals surface area contributed by atoms with E-state index in [1.54, 1.807) is 13.2 Å². The Labute approximate surface area is 213 Å². The number of aliphatic hydroxyl groups is 4. The van der Waals surface area contributed by atoms with Gasteiger partial charge in [-0.05, 0) is 49.3 Å². The van der Waals surface area contributed by atoms with Crippen LogP contribution < -0.4 is 9.47 Å². The molecule has 2 bridgehead atoms. The second-order valence-electron chi connectivity index (χ2n) is 10.3. The van der Waals surface area contributed by atoms with Gasteiger partial charge in [-0.25, -0.2) is 4.79 Å². The van der Waals surface area contributed by atoms with Gasteiger partial charge < -0.3 is 44.5 Å². The summed E-state index contributed by atoms with van der Waals surface area (Å²) in [6.45, 7) is 0. The lowest BCUT2D eigenvalue weighted by atomic mass is 9.47. The summed E-state index contributed by atoms with van der Waals surface area (Å²) in [6.07, 6.45) is -1.88. The zero-order valence-electron chi connectivity index (χ0n) is 20.5. The van der Waals surface area contributed by atoms with Crippen molar-refractivity contribution in [3.63, 3.8) is 0 Å². The molecular formula is C26H32O11. The molecule has 1 spiro atoms. The Balaban J connectivity index is 1.33. The summed E-state index contributed by atoms with van der Waals surface area (Å²) in [5, 5.41) is 49.2. The summed E-state index contributed by atoms with van der Waals surface area (Å²) >= 11 is 0. The first-order valence-corrected chi connectivity index (χ1v) is 12.5. The zero-order valence-corrected chi connectivity index (χ0v) is 20.5.